The molecule has 1 aromatic carbocycles. The molecule has 19 heavy (non-hydrogen) atoms. The molecule has 0 spiro atoms. The quantitative estimate of drug-likeness (QED) is 0.920. The molecule has 1 N–H and O–H groups in total. The van der Waals surface area contributed by atoms with Gasteiger partial charge in [-0.2, -0.15) is 0 Å². The van der Waals surface area contributed by atoms with Crippen LogP contribution in [0.5, 0.6) is 5.75 Å². The van der Waals surface area contributed by atoms with Crippen LogP contribution >= 0.6 is 23.2 Å². The van der Waals surface area contributed by atoms with Gasteiger partial charge in [-0.15, -0.1) is 0 Å². The highest BCUT2D eigenvalue weighted by Crippen LogP contribution is 2.27. The topological polar surface area (TPSA) is 59.7 Å². The number of carbonyl (C=O) groups is 1. The number of benzene rings is 1. The molecule has 6 heteroatoms. The summed E-state index contributed by atoms with van der Waals surface area (Å²) in [6.45, 7) is 1.78. The van der Waals surface area contributed by atoms with Gasteiger partial charge in [0.1, 0.15) is 18.1 Å². The number of carboxylic acid groups (broad SMARTS) is 1. The van der Waals surface area contributed by atoms with Crippen LogP contribution in [-0.2, 0) is 6.61 Å². The van der Waals surface area contributed by atoms with E-state index >= 15 is 0 Å². The lowest BCUT2D eigenvalue weighted by Gasteiger charge is -2.05. The SMILES string of the molecule is Cc1cc(COc2ccc(Cl)c(Cl)c2)oc1C(=O)O. The summed E-state index contributed by atoms with van der Waals surface area (Å²) in [7, 11) is 0. The van der Waals surface area contributed by atoms with Crippen molar-refractivity contribution in [1.29, 1.82) is 0 Å². The summed E-state index contributed by atoms with van der Waals surface area (Å²) in [5.74, 6) is -0.215. The summed E-state index contributed by atoms with van der Waals surface area (Å²) in [4.78, 5) is 10.8. The molecule has 0 atom stereocenters. The number of halogens is 2. The van der Waals surface area contributed by atoms with E-state index in [4.69, 9.17) is 37.5 Å². The van der Waals surface area contributed by atoms with Crippen LogP contribution in [0.2, 0.25) is 10.0 Å². The number of furan rings is 1. The van der Waals surface area contributed by atoms with Gasteiger partial charge in [0, 0.05) is 11.6 Å². The van der Waals surface area contributed by atoms with Gasteiger partial charge in [-0.25, -0.2) is 4.79 Å². The minimum Gasteiger partial charge on any atom is -0.486 e. The van der Waals surface area contributed by atoms with Crippen molar-refractivity contribution in [3.05, 3.63) is 51.4 Å². The van der Waals surface area contributed by atoms with Gasteiger partial charge in [0.15, 0.2) is 0 Å². The number of aromatic carboxylic acids is 1. The Labute approximate surface area is 119 Å². The van der Waals surface area contributed by atoms with Crippen LogP contribution in [0.1, 0.15) is 21.9 Å². The summed E-state index contributed by atoms with van der Waals surface area (Å²) in [5, 5.41) is 9.70. The molecule has 2 rings (SSSR count). The van der Waals surface area contributed by atoms with Crippen LogP contribution in [-0.4, -0.2) is 11.1 Å². The zero-order valence-corrected chi connectivity index (χ0v) is 11.5. The number of carboxylic acids is 1. The molecule has 0 saturated heterocycles. The van der Waals surface area contributed by atoms with Crippen LogP contribution < -0.4 is 4.74 Å². The van der Waals surface area contributed by atoms with E-state index in [1.807, 2.05) is 0 Å². The highest BCUT2D eigenvalue weighted by Gasteiger charge is 2.14. The molecular formula is C13H10Cl2O4. The van der Waals surface area contributed by atoms with Crippen LogP contribution in [0, 0.1) is 6.92 Å². The smallest absolute Gasteiger partial charge is 0.372 e. The maximum atomic E-state index is 10.8. The Bertz CT molecular complexity index is 619. The van der Waals surface area contributed by atoms with Crippen LogP contribution in [0.15, 0.2) is 28.7 Å². The number of hydrogen-bond donors (Lipinski definition) is 1. The van der Waals surface area contributed by atoms with Crippen molar-refractivity contribution >= 4 is 29.2 Å². The van der Waals surface area contributed by atoms with Crippen molar-refractivity contribution in [2.45, 2.75) is 13.5 Å². The van der Waals surface area contributed by atoms with Gasteiger partial charge in [-0.05, 0) is 25.1 Å². The van der Waals surface area contributed by atoms with E-state index in [1.54, 1.807) is 31.2 Å². The molecule has 0 bridgehead atoms. The first-order valence-electron chi connectivity index (χ1n) is 5.38. The van der Waals surface area contributed by atoms with Gasteiger partial charge in [-0.1, -0.05) is 23.2 Å². The Hall–Kier alpha value is -1.65. The second-order valence-corrected chi connectivity index (χ2v) is 4.71. The maximum absolute atomic E-state index is 10.8. The third kappa shape index (κ3) is 3.22. The summed E-state index contributed by atoms with van der Waals surface area (Å²) in [5.41, 5.74) is 0.556. The fourth-order valence-corrected chi connectivity index (χ4v) is 1.84. The summed E-state index contributed by atoms with van der Waals surface area (Å²) in [6, 6.07) is 6.50. The maximum Gasteiger partial charge on any atom is 0.372 e. The Morgan fingerprint density at radius 3 is 2.63 bits per heavy atom. The number of ether oxygens (including phenoxy) is 1. The van der Waals surface area contributed by atoms with Crippen molar-refractivity contribution in [3.63, 3.8) is 0 Å². The number of aryl methyl sites for hydroxylation is 1. The monoisotopic (exact) mass is 300 g/mol. The van der Waals surface area contributed by atoms with E-state index in [2.05, 4.69) is 0 Å². The number of hydrogen-bond acceptors (Lipinski definition) is 3. The lowest BCUT2D eigenvalue weighted by Crippen LogP contribution is -1.96. The lowest BCUT2D eigenvalue weighted by molar-refractivity contribution is 0.0657. The normalized spacial score (nSPS) is 10.5. The average Bonchev–Trinajstić information content (AvgIpc) is 2.72. The van der Waals surface area contributed by atoms with Crippen LogP contribution in [0.25, 0.3) is 0 Å². The van der Waals surface area contributed by atoms with Gasteiger partial charge >= 0.3 is 5.97 Å². The van der Waals surface area contributed by atoms with Crippen molar-refractivity contribution < 1.29 is 19.1 Å². The van der Waals surface area contributed by atoms with Crippen molar-refractivity contribution in [1.82, 2.24) is 0 Å². The summed E-state index contributed by atoms with van der Waals surface area (Å²) in [6.07, 6.45) is 0. The van der Waals surface area contributed by atoms with Gasteiger partial charge in [0.2, 0.25) is 5.76 Å². The van der Waals surface area contributed by atoms with Crippen molar-refractivity contribution in [3.8, 4) is 5.75 Å². The van der Waals surface area contributed by atoms with Gasteiger partial charge in [-0.3, -0.25) is 0 Å². The van der Waals surface area contributed by atoms with E-state index < -0.39 is 5.97 Å². The highest BCUT2D eigenvalue weighted by atomic mass is 35.5. The molecule has 0 fully saturated rings. The fraction of sp³-hybridized carbons (Fsp3) is 0.154. The van der Waals surface area contributed by atoms with Crippen LogP contribution in [0.4, 0.5) is 0 Å². The minimum atomic E-state index is -1.10. The predicted octanol–water partition coefficient (Wildman–Crippen LogP) is 4.17. The first kappa shape index (κ1) is 13.8. The Balaban J connectivity index is 2.08. The zero-order chi connectivity index (χ0) is 14.0. The third-order valence-electron chi connectivity index (χ3n) is 2.44. The molecule has 2 aromatic rings. The van der Waals surface area contributed by atoms with Crippen molar-refractivity contribution in [2.75, 3.05) is 0 Å². The Kier molecular flexibility index (Phi) is 4.02. The van der Waals surface area contributed by atoms with E-state index in [0.717, 1.165) is 0 Å². The lowest BCUT2D eigenvalue weighted by atomic mass is 10.3. The van der Waals surface area contributed by atoms with Crippen molar-refractivity contribution in [2.24, 2.45) is 0 Å². The molecule has 100 valence electrons. The molecule has 0 aliphatic carbocycles. The molecule has 4 nitrogen and oxygen atoms in total. The second kappa shape index (κ2) is 5.55. The van der Waals surface area contributed by atoms with Gasteiger partial charge in [0.25, 0.3) is 0 Å². The Morgan fingerprint density at radius 2 is 2.05 bits per heavy atom. The number of rotatable bonds is 4. The molecule has 0 aliphatic heterocycles. The Morgan fingerprint density at radius 1 is 1.32 bits per heavy atom. The summed E-state index contributed by atoms with van der Waals surface area (Å²) >= 11 is 11.6. The molecule has 0 radical (unpaired) electrons. The standard InChI is InChI=1S/C13H10Cl2O4/c1-7-4-9(19-12(7)13(16)17)6-18-8-2-3-10(14)11(15)5-8/h2-5H,6H2,1H3,(H,16,17). The van der Waals surface area contributed by atoms with E-state index in [0.29, 0.717) is 27.1 Å². The molecular weight excluding hydrogens is 291 g/mol. The first-order chi connectivity index (χ1) is 8.97. The second-order valence-electron chi connectivity index (χ2n) is 3.89. The summed E-state index contributed by atoms with van der Waals surface area (Å²) < 4.78 is 10.6. The molecule has 0 unspecified atom stereocenters. The molecule has 0 aliphatic rings. The first-order valence-corrected chi connectivity index (χ1v) is 6.13. The third-order valence-corrected chi connectivity index (χ3v) is 3.17. The highest BCUT2D eigenvalue weighted by molar-refractivity contribution is 6.42. The minimum absolute atomic E-state index is 0.0762. The molecule has 1 heterocycles. The molecule has 0 saturated carbocycles. The van der Waals surface area contributed by atoms with Gasteiger partial charge < -0.3 is 14.3 Å². The zero-order valence-electron chi connectivity index (χ0n) is 9.94. The molecule has 1 aromatic heterocycles. The fourth-order valence-electron chi connectivity index (χ4n) is 1.55. The van der Waals surface area contributed by atoms with E-state index in [-0.39, 0.29) is 12.4 Å². The largest absolute Gasteiger partial charge is 0.486 e. The van der Waals surface area contributed by atoms with Crippen LogP contribution in [0.3, 0.4) is 0 Å². The predicted molar refractivity (Wildman–Crippen MR) is 71.2 cm³/mol. The van der Waals surface area contributed by atoms with E-state index in [1.165, 1.54) is 0 Å². The van der Waals surface area contributed by atoms with E-state index in [9.17, 15) is 4.79 Å². The molecule has 0 amide bonds. The van der Waals surface area contributed by atoms with Gasteiger partial charge in [0.05, 0.1) is 10.0 Å². The average molecular weight is 301 g/mol.